The van der Waals surface area contributed by atoms with Crippen molar-refractivity contribution in [2.45, 2.75) is 84.0 Å². The number of ether oxygens (including phenoxy) is 2. The molecule has 118 valence electrons. The van der Waals surface area contributed by atoms with Crippen molar-refractivity contribution in [2.24, 2.45) is 0 Å². The second-order valence-electron chi connectivity index (χ2n) is 5.42. The van der Waals surface area contributed by atoms with Crippen LogP contribution in [0.1, 0.15) is 84.0 Å². The first-order valence-electron chi connectivity index (χ1n) is 8.50. The van der Waals surface area contributed by atoms with Gasteiger partial charge in [-0.2, -0.15) is 0 Å². The molecule has 0 radical (unpaired) electrons. The molecule has 0 saturated carbocycles. The van der Waals surface area contributed by atoms with Crippen LogP contribution in [-0.4, -0.2) is 20.0 Å². The number of hydrogen-bond donors (Lipinski definition) is 0. The van der Waals surface area contributed by atoms with Crippen LogP contribution in [0.5, 0.6) is 0 Å². The van der Waals surface area contributed by atoms with Crippen LogP contribution in [0.3, 0.4) is 0 Å². The van der Waals surface area contributed by atoms with E-state index in [1.807, 2.05) is 0 Å². The lowest BCUT2D eigenvalue weighted by molar-refractivity contribution is -0.0556. The quantitative estimate of drug-likeness (QED) is 0.217. The van der Waals surface area contributed by atoms with Crippen LogP contribution in [0.25, 0.3) is 0 Å². The van der Waals surface area contributed by atoms with E-state index in [9.17, 15) is 0 Å². The first kappa shape index (κ1) is 19.5. The van der Waals surface area contributed by atoms with Gasteiger partial charge in [0, 0.05) is 19.6 Å². The molecule has 0 heterocycles. The first-order chi connectivity index (χ1) is 9.91. The molecule has 2 nitrogen and oxygen atoms in total. The smallest absolute Gasteiger partial charge is 0.146 e. The van der Waals surface area contributed by atoms with Crippen LogP contribution >= 0.6 is 0 Å². The van der Waals surface area contributed by atoms with Gasteiger partial charge in [-0.25, -0.2) is 0 Å². The summed E-state index contributed by atoms with van der Waals surface area (Å²) < 4.78 is 10.9. The molecule has 0 N–H and O–H groups in total. The topological polar surface area (TPSA) is 18.5 Å². The molecule has 0 saturated heterocycles. The Hall–Kier alpha value is -0.520. The lowest BCUT2D eigenvalue weighted by Gasteiger charge is -2.06. The molecule has 0 aromatic carbocycles. The molecule has 0 fully saturated rings. The third-order valence-corrected chi connectivity index (χ3v) is 3.42. The molecule has 0 rings (SSSR count). The zero-order valence-electron chi connectivity index (χ0n) is 13.5. The van der Waals surface area contributed by atoms with E-state index in [0.717, 1.165) is 26.1 Å². The van der Waals surface area contributed by atoms with E-state index in [0.29, 0.717) is 6.79 Å². The molecule has 0 aromatic rings. The van der Waals surface area contributed by atoms with Gasteiger partial charge in [0.05, 0.1) is 0 Å². The summed E-state index contributed by atoms with van der Waals surface area (Å²) in [5.74, 6) is 2.68. The number of unbranched alkanes of at least 4 members (excludes halogenated alkanes) is 10. The third kappa shape index (κ3) is 17.5. The first-order valence-corrected chi connectivity index (χ1v) is 8.50. The van der Waals surface area contributed by atoms with Crippen LogP contribution in [0.15, 0.2) is 0 Å². The standard InChI is InChI=1S/C18H34O2/c1-3-5-7-9-11-13-15-17-20-18-19-16-14-12-10-8-6-4-2/h1H,4-18H2,2H3. The van der Waals surface area contributed by atoms with E-state index >= 15 is 0 Å². The predicted octanol–water partition coefficient (Wildman–Crippen LogP) is 5.31. The molecule has 0 amide bonds. The zero-order valence-corrected chi connectivity index (χ0v) is 13.5. The second-order valence-corrected chi connectivity index (χ2v) is 5.42. The van der Waals surface area contributed by atoms with E-state index in [-0.39, 0.29) is 0 Å². The normalized spacial score (nSPS) is 10.6. The molecular formula is C18H34O2. The van der Waals surface area contributed by atoms with Gasteiger partial charge in [-0.3, -0.25) is 0 Å². The average molecular weight is 282 g/mol. The number of terminal acetylenes is 1. The molecule has 0 bridgehead atoms. The Morgan fingerprint density at radius 1 is 0.700 bits per heavy atom. The maximum Gasteiger partial charge on any atom is 0.146 e. The van der Waals surface area contributed by atoms with Gasteiger partial charge in [-0.15, -0.1) is 12.3 Å². The fourth-order valence-electron chi connectivity index (χ4n) is 2.12. The molecule has 20 heavy (non-hydrogen) atoms. The lowest BCUT2D eigenvalue weighted by atomic mass is 10.1. The van der Waals surface area contributed by atoms with Crippen molar-refractivity contribution in [3.05, 3.63) is 0 Å². The van der Waals surface area contributed by atoms with Gasteiger partial charge in [0.2, 0.25) is 0 Å². The van der Waals surface area contributed by atoms with Crippen molar-refractivity contribution >= 4 is 0 Å². The van der Waals surface area contributed by atoms with Crippen LogP contribution in [0.2, 0.25) is 0 Å². The Morgan fingerprint density at radius 3 is 1.75 bits per heavy atom. The van der Waals surface area contributed by atoms with Gasteiger partial charge in [-0.1, -0.05) is 58.3 Å². The summed E-state index contributed by atoms with van der Waals surface area (Å²) in [5.41, 5.74) is 0. The summed E-state index contributed by atoms with van der Waals surface area (Å²) in [7, 11) is 0. The number of rotatable bonds is 16. The predicted molar refractivity (Wildman–Crippen MR) is 86.7 cm³/mol. The highest BCUT2D eigenvalue weighted by atomic mass is 16.7. The molecule has 0 aliphatic rings. The fourth-order valence-corrected chi connectivity index (χ4v) is 2.12. The Balaban J connectivity index is 2.91. The average Bonchev–Trinajstić information content (AvgIpc) is 2.47. The van der Waals surface area contributed by atoms with Crippen molar-refractivity contribution in [1.29, 1.82) is 0 Å². The van der Waals surface area contributed by atoms with Gasteiger partial charge in [0.15, 0.2) is 0 Å². The van der Waals surface area contributed by atoms with Gasteiger partial charge in [0.1, 0.15) is 6.79 Å². The van der Waals surface area contributed by atoms with Crippen molar-refractivity contribution in [3.63, 3.8) is 0 Å². The van der Waals surface area contributed by atoms with Gasteiger partial charge in [-0.05, 0) is 19.3 Å². The Morgan fingerprint density at radius 2 is 1.20 bits per heavy atom. The summed E-state index contributed by atoms with van der Waals surface area (Å²) in [6.07, 6.45) is 20.0. The van der Waals surface area contributed by atoms with E-state index in [1.165, 1.54) is 64.2 Å². The summed E-state index contributed by atoms with van der Waals surface area (Å²) in [5, 5.41) is 0. The van der Waals surface area contributed by atoms with Crippen molar-refractivity contribution in [1.82, 2.24) is 0 Å². The zero-order chi connectivity index (χ0) is 14.7. The maximum absolute atomic E-state index is 5.46. The molecule has 0 spiro atoms. The second kappa shape index (κ2) is 18.5. The Kier molecular flexibility index (Phi) is 18.0. The van der Waals surface area contributed by atoms with Crippen molar-refractivity contribution in [2.75, 3.05) is 20.0 Å². The molecule has 2 heteroatoms. The molecule has 0 aromatic heterocycles. The van der Waals surface area contributed by atoms with Crippen LogP contribution in [-0.2, 0) is 9.47 Å². The molecule has 0 unspecified atom stereocenters. The highest BCUT2D eigenvalue weighted by molar-refractivity contribution is 4.82. The summed E-state index contributed by atoms with van der Waals surface area (Å²) in [6.45, 7) is 4.38. The van der Waals surface area contributed by atoms with Crippen molar-refractivity contribution < 1.29 is 9.47 Å². The van der Waals surface area contributed by atoms with Gasteiger partial charge in [0.25, 0.3) is 0 Å². The minimum atomic E-state index is 0.464. The Labute approximate surface area is 126 Å². The van der Waals surface area contributed by atoms with Crippen LogP contribution < -0.4 is 0 Å². The maximum atomic E-state index is 5.46. The molecule has 0 atom stereocenters. The molecular weight excluding hydrogens is 248 g/mol. The van der Waals surface area contributed by atoms with Crippen LogP contribution in [0.4, 0.5) is 0 Å². The van der Waals surface area contributed by atoms with Gasteiger partial charge >= 0.3 is 0 Å². The fraction of sp³-hybridized carbons (Fsp3) is 0.889. The van der Waals surface area contributed by atoms with E-state index in [1.54, 1.807) is 0 Å². The molecule has 0 aliphatic carbocycles. The van der Waals surface area contributed by atoms with E-state index in [4.69, 9.17) is 15.9 Å². The van der Waals surface area contributed by atoms with E-state index < -0.39 is 0 Å². The Bertz CT molecular complexity index is 208. The highest BCUT2D eigenvalue weighted by Crippen LogP contribution is 2.06. The summed E-state index contributed by atoms with van der Waals surface area (Å²) in [6, 6.07) is 0. The minimum absolute atomic E-state index is 0.464. The third-order valence-electron chi connectivity index (χ3n) is 3.42. The van der Waals surface area contributed by atoms with Gasteiger partial charge < -0.3 is 9.47 Å². The van der Waals surface area contributed by atoms with Crippen LogP contribution in [0, 0.1) is 12.3 Å². The minimum Gasteiger partial charge on any atom is -0.355 e. The van der Waals surface area contributed by atoms with Crippen molar-refractivity contribution in [3.8, 4) is 12.3 Å². The SMILES string of the molecule is C#CCCCCCCCOCOCCCCCCCC. The largest absolute Gasteiger partial charge is 0.355 e. The molecule has 0 aliphatic heterocycles. The van der Waals surface area contributed by atoms with E-state index in [2.05, 4.69) is 12.8 Å². The number of hydrogen-bond acceptors (Lipinski definition) is 2. The highest BCUT2D eigenvalue weighted by Gasteiger charge is 1.93. The summed E-state index contributed by atoms with van der Waals surface area (Å²) in [4.78, 5) is 0. The monoisotopic (exact) mass is 282 g/mol. The summed E-state index contributed by atoms with van der Waals surface area (Å²) >= 11 is 0. The lowest BCUT2D eigenvalue weighted by Crippen LogP contribution is -2.03.